The third-order valence-electron chi connectivity index (χ3n) is 7.79. The maximum absolute atomic E-state index is 13.4. The maximum atomic E-state index is 13.4. The molecule has 0 saturated carbocycles. The standard InChI is InChI=1S/C36H52N2O2S/c1-6-7-8-9-10-11-12-13-14-15-16-19-25-40-34-27-31(22-23-33(34)36(3,4)5)37-35(39)32-21-18-17-20-30(32)28-38-24-26-41-29(38)2/h17-18,20-24,26-27H,6-16,19,25,28H2,1-5H3/p+1. The average Bonchev–Trinajstić information content (AvgIpc) is 3.35. The molecule has 41 heavy (non-hydrogen) atoms. The molecule has 0 atom stereocenters. The fourth-order valence-electron chi connectivity index (χ4n) is 5.26. The highest BCUT2D eigenvalue weighted by atomic mass is 32.1. The molecule has 1 N–H and O–H groups in total. The van der Waals surface area contributed by atoms with Gasteiger partial charge in [-0.15, -0.1) is 0 Å². The first-order chi connectivity index (χ1) is 19.8. The van der Waals surface area contributed by atoms with Crippen molar-refractivity contribution in [2.75, 3.05) is 11.9 Å². The third-order valence-corrected chi connectivity index (χ3v) is 8.62. The van der Waals surface area contributed by atoms with Gasteiger partial charge in [0.1, 0.15) is 5.75 Å². The topological polar surface area (TPSA) is 42.2 Å². The highest BCUT2D eigenvalue weighted by Crippen LogP contribution is 2.34. The van der Waals surface area contributed by atoms with Gasteiger partial charge in [-0.2, -0.15) is 4.57 Å². The van der Waals surface area contributed by atoms with Crippen LogP contribution in [0.1, 0.15) is 131 Å². The fourth-order valence-corrected chi connectivity index (χ4v) is 5.93. The number of carbonyl (C=O) groups is 1. The molecule has 3 rings (SSSR count). The van der Waals surface area contributed by atoms with Crippen molar-refractivity contribution in [2.45, 2.75) is 124 Å². The summed E-state index contributed by atoms with van der Waals surface area (Å²) < 4.78 is 8.51. The quantitative estimate of drug-likeness (QED) is 0.121. The number of nitrogens with one attached hydrogen (secondary N) is 1. The number of hydrogen-bond acceptors (Lipinski definition) is 3. The van der Waals surface area contributed by atoms with Crippen molar-refractivity contribution in [1.29, 1.82) is 0 Å². The van der Waals surface area contributed by atoms with Gasteiger partial charge in [0.05, 0.1) is 12.0 Å². The Labute approximate surface area is 253 Å². The van der Waals surface area contributed by atoms with Gasteiger partial charge < -0.3 is 10.1 Å². The van der Waals surface area contributed by atoms with Crippen molar-refractivity contribution >= 4 is 22.9 Å². The molecule has 1 aromatic heterocycles. The number of ether oxygens (including phenoxy) is 1. The molecule has 0 bridgehead atoms. The van der Waals surface area contributed by atoms with Crippen LogP contribution in [0.2, 0.25) is 0 Å². The first-order valence-electron chi connectivity index (χ1n) is 15.9. The second kappa shape index (κ2) is 17.3. The number of aryl methyl sites for hydroxylation is 1. The van der Waals surface area contributed by atoms with Gasteiger partial charge in [-0.05, 0) is 29.5 Å². The smallest absolute Gasteiger partial charge is 0.256 e. The molecule has 2 aromatic carbocycles. The van der Waals surface area contributed by atoms with Crippen LogP contribution in [0, 0.1) is 6.92 Å². The van der Waals surface area contributed by atoms with Gasteiger partial charge in [0, 0.05) is 29.8 Å². The number of benzene rings is 2. The number of hydrogen-bond donors (Lipinski definition) is 1. The predicted octanol–water partition coefficient (Wildman–Crippen LogP) is 10.0. The molecule has 3 aromatic rings. The monoisotopic (exact) mass is 577 g/mol. The maximum Gasteiger partial charge on any atom is 0.256 e. The zero-order chi connectivity index (χ0) is 29.5. The van der Waals surface area contributed by atoms with Crippen LogP contribution in [-0.4, -0.2) is 12.5 Å². The summed E-state index contributed by atoms with van der Waals surface area (Å²) in [5.41, 5.74) is 3.59. The van der Waals surface area contributed by atoms with E-state index in [-0.39, 0.29) is 11.3 Å². The summed E-state index contributed by atoms with van der Waals surface area (Å²) in [5, 5.41) is 6.43. The molecular weight excluding hydrogens is 524 g/mol. The van der Waals surface area contributed by atoms with E-state index < -0.39 is 0 Å². The van der Waals surface area contributed by atoms with Gasteiger partial charge in [-0.3, -0.25) is 4.79 Å². The van der Waals surface area contributed by atoms with Gasteiger partial charge in [-0.1, -0.05) is 134 Å². The van der Waals surface area contributed by atoms with Crippen LogP contribution in [0.25, 0.3) is 0 Å². The number of carbonyl (C=O) groups excluding carboxylic acids is 1. The second-order valence-electron chi connectivity index (χ2n) is 12.4. The molecular formula is C36H53N2O2S+. The lowest BCUT2D eigenvalue weighted by Crippen LogP contribution is -2.35. The van der Waals surface area contributed by atoms with E-state index in [1.54, 1.807) is 11.3 Å². The van der Waals surface area contributed by atoms with Crippen molar-refractivity contribution in [3.63, 3.8) is 0 Å². The van der Waals surface area contributed by atoms with Crippen LogP contribution in [0.5, 0.6) is 5.75 Å². The van der Waals surface area contributed by atoms with E-state index in [2.05, 4.69) is 62.1 Å². The Morgan fingerprint density at radius 1 is 0.878 bits per heavy atom. The number of aromatic nitrogens is 1. The van der Waals surface area contributed by atoms with Crippen LogP contribution >= 0.6 is 11.3 Å². The lowest BCUT2D eigenvalue weighted by Gasteiger charge is -2.23. The van der Waals surface area contributed by atoms with Gasteiger partial charge in [0.25, 0.3) is 5.91 Å². The van der Waals surface area contributed by atoms with Crippen LogP contribution in [0.15, 0.2) is 54.0 Å². The van der Waals surface area contributed by atoms with Crippen molar-refractivity contribution < 1.29 is 14.1 Å². The van der Waals surface area contributed by atoms with Crippen LogP contribution in [0.3, 0.4) is 0 Å². The van der Waals surface area contributed by atoms with Gasteiger partial charge in [0.2, 0.25) is 5.01 Å². The largest absolute Gasteiger partial charge is 0.493 e. The summed E-state index contributed by atoms with van der Waals surface area (Å²) in [5.74, 6) is 0.778. The number of rotatable bonds is 18. The number of unbranched alkanes of at least 4 members (excludes halogenated alkanes) is 11. The minimum absolute atomic E-state index is 0.0450. The van der Waals surface area contributed by atoms with Crippen molar-refractivity contribution in [1.82, 2.24) is 0 Å². The van der Waals surface area contributed by atoms with E-state index in [1.165, 1.54) is 81.2 Å². The van der Waals surface area contributed by atoms with Crippen molar-refractivity contribution in [2.24, 2.45) is 0 Å². The van der Waals surface area contributed by atoms with E-state index >= 15 is 0 Å². The molecule has 224 valence electrons. The third kappa shape index (κ3) is 11.3. The van der Waals surface area contributed by atoms with Crippen molar-refractivity contribution in [3.05, 3.63) is 75.7 Å². The highest BCUT2D eigenvalue weighted by Gasteiger charge is 2.21. The molecule has 5 heteroatoms. The van der Waals surface area contributed by atoms with Crippen LogP contribution < -0.4 is 14.6 Å². The van der Waals surface area contributed by atoms with Crippen LogP contribution in [-0.2, 0) is 12.0 Å². The van der Waals surface area contributed by atoms with E-state index in [0.29, 0.717) is 18.7 Å². The molecule has 0 radical (unpaired) electrons. The van der Waals surface area contributed by atoms with Gasteiger partial charge >= 0.3 is 0 Å². The lowest BCUT2D eigenvalue weighted by molar-refractivity contribution is -0.689. The zero-order valence-electron chi connectivity index (χ0n) is 26.3. The SMILES string of the molecule is CCCCCCCCCCCCCCOc1cc(NC(=O)c2ccccc2C[n+]2ccsc2C)ccc1C(C)(C)C. The van der Waals surface area contributed by atoms with Crippen LogP contribution in [0.4, 0.5) is 5.69 Å². The predicted molar refractivity (Wildman–Crippen MR) is 174 cm³/mol. The molecule has 1 heterocycles. The van der Waals surface area contributed by atoms with E-state index in [9.17, 15) is 4.79 Å². The molecule has 0 aliphatic heterocycles. The molecule has 0 spiro atoms. The summed E-state index contributed by atoms with van der Waals surface area (Å²) in [4.78, 5) is 13.4. The minimum atomic E-state index is -0.0931. The fraction of sp³-hybridized carbons (Fsp3) is 0.556. The molecule has 0 saturated heterocycles. The number of anilines is 1. The number of nitrogens with zero attached hydrogens (tertiary/aromatic N) is 1. The van der Waals surface area contributed by atoms with E-state index in [4.69, 9.17) is 4.74 Å². The van der Waals surface area contributed by atoms with Gasteiger partial charge in [0.15, 0.2) is 12.7 Å². The molecule has 4 nitrogen and oxygen atoms in total. The zero-order valence-corrected chi connectivity index (χ0v) is 27.1. The summed E-state index contributed by atoms with van der Waals surface area (Å²) >= 11 is 1.71. The van der Waals surface area contributed by atoms with Crippen molar-refractivity contribution in [3.8, 4) is 5.75 Å². The van der Waals surface area contributed by atoms with Gasteiger partial charge in [-0.25, -0.2) is 0 Å². The Balaban J connectivity index is 1.50. The second-order valence-corrected chi connectivity index (χ2v) is 13.5. The Bertz CT molecular complexity index is 1190. The molecule has 0 unspecified atom stereocenters. The Hall–Kier alpha value is -2.66. The summed E-state index contributed by atoms with van der Waals surface area (Å²) in [7, 11) is 0. The molecule has 1 amide bonds. The number of amides is 1. The molecule has 0 aliphatic carbocycles. The lowest BCUT2D eigenvalue weighted by atomic mass is 9.86. The highest BCUT2D eigenvalue weighted by molar-refractivity contribution is 7.09. The minimum Gasteiger partial charge on any atom is -0.493 e. The first-order valence-corrected chi connectivity index (χ1v) is 16.8. The Morgan fingerprint density at radius 2 is 1.51 bits per heavy atom. The first kappa shape index (κ1) is 32.8. The summed E-state index contributed by atoms with van der Waals surface area (Å²) in [6.45, 7) is 12.4. The Kier molecular flexibility index (Phi) is 13.9. The molecule has 0 fully saturated rings. The summed E-state index contributed by atoms with van der Waals surface area (Å²) in [6, 6.07) is 14.0. The molecule has 0 aliphatic rings. The average molecular weight is 578 g/mol. The Morgan fingerprint density at radius 3 is 2.12 bits per heavy atom. The van der Waals surface area contributed by atoms with E-state index in [1.807, 2.05) is 36.4 Å². The number of thiazole rings is 1. The van der Waals surface area contributed by atoms with E-state index in [0.717, 1.165) is 23.4 Å². The normalized spacial score (nSPS) is 11.5. The summed E-state index contributed by atoms with van der Waals surface area (Å²) in [6.07, 6.45) is 18.0.